The molecule has 9 heavy (non-hydrogen) atoms. The first-order valence-electron chi connectivity index (χ1n) is 2.96. The van der Waals surface area contributed by atoms with Crippen LogP contribution in [0, 0.1) is 0 Å². The first-order valence-corrected chi connectivity index (χ1v) is 4.10. The van der Waals surface area contributed by atoms with Crippen LogP contribution in [0.25, 0.3) is 0 Å². The van der Waals surface area contributed by atoms with Gasteiger partial charge in [-0.15, -0.1) is 0 Å². The predicted molar refractivity (Wildman–Crippen MR) is 35.8 cm³/mol. The molecule has 0 radical (unpaired) electrons. The smallest absolute Gasteiger partial charge is 0.225 e. The van der Waals surface area contributed by atoms with Gasteiger partial charge in [0, 0.05) is 13.1 Å². The van der Waals surface area contributed by atoms with Gasteiger partial charge in [0.1, 0.15) is 5.49 Å². The maximum Gasteiger partial charge on any atom is 0.225 e. The van der Waals surface area contributed by atoms with Crippen molar-refractivity contribution in [1.82, 2.24) is 4.90 Å². The van der Waals surface area contributed by atoms with Gasteiger partial charge < -0.3 is 0 Å². The van der Waals surface area contributed by atoms with E-state index < -0.39 is 10.3 Å². The molecule has 0 aliphatic carbocycles. The molecule has 1 aliphatic heterocycles. The van der Waals surface area contributed by atoms with Crippen molar-refractivity contribution in [2.75, 3.05) is 13.1 Å². The van der Waals surface area contributed by atoms with Gasteiger partial charge in [-0.1, -0.05) is 0 Å². The second-order valence-corrected chi connectivity index (χ2v) is 2.84. The first-order chi connectivity index (χ1) is 4.29. The summed E-state index contributed by atoms with van der Waals surface area (Å²) in [5.41, 5.74) is 1.26. The highest BCUT2D eigenvalue weighted by molar-refractivity contribution is 7.71. The lowest BCUT2D eigenvalue weighted by atomic mass is 10.4. The zero-order valence-corrected chi connectivity index (χ0v) is 5.89. The summed E-state index contributed by atoms with van der Waals surface area (Å²) >= 11 is 0. The molecule has 0 aromatic rings. The molecule has 1 aliphatic rings. The maximum atomic E-state index is 10.1. The van der Waals surface area contributed by atoms with Crippen LogP contribution < -0.4 is 0 Å². The molecule has 1 rings (SSSR count). The average molecular weight is 147 g/mol. The fraction of sp³-hybridized carbons (Fsp3) is 0.800. The minimum Gasteiger partial charge on any atom is -0.268 e. The monoisotopic (exact) mass is 147 g/mol. The Morgan fingerprint density at radius 2 is 1.78 bits per heavy atom. The van der Waals surface area contributed by atoms with Crippen molar-refractivity contribution in [1.29, 1.82) is 0 Å². The van der Waals surface area contributed by atoms with Gasteiger partial charge in [0.2, 0.25) is 10.3 Å². The first kappa shape index (κ1) is 6.77. The summed E-state index contributed by atoms with van der Waals surface area (Å²) in [6.07, 6.45) is 2.24. The summed E-state index contributed by atoms with van der Waals surface area (Å²) in [6.45, 7) is 1.79. The fourth-order valence-electron chi connectivity index (χ4n) is 0.969. The Morgan fingerprint density at radius 3 is 2.22 bits per heavy atom. The zero-order chi connectivity index (χ0) is 6.69. The molecule has 0 atom stereocenters. The number of likely N-dealkylation sites (tertiary alicyclic amines) is 1. The lowest BCUT2D eigenvalue weighted by molar-refractivity contribution is 0.540. The van der Waals surface area contributed by atoms with E-state index in [4.69, 9.17) is 0 Å². The van der Waals surface area contributed by atoms with Crippen molar-refractivity contribution in [2.24, 2.45) is 0 Å². The van der Waals surface area contributed by atoms with Crippen molar-refractivity contribution in [3.63, 3.8) is 0 Å². The molecule has 0 saturated carbocycles. The van der Waals surface area contributed by atoms with Crippen molar-refractivity contribution >= 4 is 15.8 Å². The van der Waals surface area contributed by atoms with Crippen molar-refractivity contribution in [3.8, 4) is 0 Å². The van der Waals surface area contributed by atoms with Crippen LogP contribution in [0.4, 0.5) is 0 Å². The van der Waals surface area contributed by atoms with Gasteiger partial charge in [-0.25, -0.2) is 0 Å². The molecule has 3 nitrogen and oxygen atoms in total. The molecule has 1 heterocycles. The van der Waals surface area contributed by atoms with Crippen molar-refractivity contribution in [2.45, 2.75) is 12.8 Å². The van der Waals surface area contributed by atoms with Crippen LogP contribution >= 0.6 is 0 Å². The van der Waals surface area contributed by atoms with E-state index in [0.29, 0.717) is 0 Å². The van der Waals surface area contributed by atoms with E-state index in [-0.39, 0.29) is 0 Å². The highest BCUT2D eigenvalue weighted by Gasteiger charge is 2.07. The summed E-state index contributed by atoms with van der Waals surface area (Å²) in [4.78, 5) is 1.82. The highest BCUT2D eigenvalue weighted by atomic mass is 32.2. The fourth-order valence-corrected chi connectivity index (χ4v) is 1.42. The van der Waals surface area contributed by atoms with Gasteiger partial charge in [0.05, 0.1) is 0 Å². The Balaban J connectivity index is 2.54. The minimum absolute atomic E-state index is 0.897. The summed E-state index contributed by atoms with van der Waals surface area (Å²) in [6, 6.07) is 0. The number of rotatable bonds is 1. The molecule has 0 aromatic heterocycles. The second-order valence-electron chi connectivity index (χ2n) is 2.11. The molecule has 0 N–H and O–H groups in total. The molecule has 0 spiro atoms. The third-order valence-corrected chi connectivity index (χ3v) is 1.85. The number of hydrogen-bond acceptors (Lipinski definition) is 2. The average Bonchev–Trinajstić information content (AvgIpc) is 2.15. The summed E-state index contributed by atoms with van der Waals surface area (Å²) in [5.74, 6) is 0. The van der Waals surface area contributed by atoms with Gasteiger partial charge in [-0.3, -0.25) is 4.90 Å². The molecule has 0 aromatic carbocycles. The van der Waals surface area contributed by atoms with E-state index >= 15 is 0 Å². The summed E-state index contributed by atoms with van der Waals surface area (Å²) in [5, 5.41) is 0. The minimum atomic E-state index is -2.00. The standard InChI is InChI=1S/C5H9NO2S/c7-9(8)5-6-3-1-2-4-6/h5H,1-4H2. The molecule has 1 saturated heterocycles. The quantitative estimate of drug-likeness (QED) is 0.479. The Kier molecular flexibility index (Phi) is 2.24. The summed E-state index contributed by atoms with van der Waals surface area (Å²) < 4.78 is 20.1. The van der Waals surface area contributed by atoms with Gasteiger partial charge >= 0.3 is 0 Å². The molecule has 4 heteroatoms. The molecular formula is C5H9NO2S. The number of nitrogens with zero attached hydrogens (tertiary/aromatic N) is 1. The Morgan fingerprint density at radius 1 is 1.22 bits per heavy atom. The third kappa shape index (κ3) is 2.15. The van der Waals surface area contributed by atoms with Crippen molar-refractivity contribution < 1.29 is 8.42 Å². The van der Waals surface area contributed by atoms with Gasteiger partial charge in [-0.2, -0.15) is 8.42 Å². The van der Waals surface area contributed by atoms with Gasteiger partial charge in [0.25, 0.3) is 0 Å². The second kappa shape index (κ2) is 2.98. The van der Waals surface area contributed by atoms with Crippen LogP contribution in [0.2, 0.25) is 0 Å². The molecule has 0 unspecified atom stereocenters. The van der Waals surface area contributed by atoms with Crippen LogP contribution in [-0.4, -0.2) is 31.9 Å². The van der Waals surface area contributed by atoms with E-state index in [1.54, 1.807) is 0 Å². The van der Waals surface area contributed by atoms with Crippen LogP contribution in [0.3, 0.4) is 0 Å². The van der Waals surface area contributed by atoms with E-state index in [9.17, 15) is 8.42 Å². The number of hydrogen-bond donors (Lipinski definition) is 0. The largest absolute Gasteiger partial charge is 0.268 e. The zero-order valence-electron chi connectivity index (χ0n) is 5.08. The van der Waals surface area contributed by atoms with Crippen LogP contribution in [-0.2, 0) is 10.3 Å². The molecule has 52 valence electrons. The van der Waals surface area contributed by atoms with Gasteiger partial charge in [-0.05, 0) is 12.8 Å². The summed E-state index contributed by atoms with van der Waals surface area (Å²) in [7, 11) is -2.00. The molecule has 0 amide bonds. The Labute approximate surface area is 55.8 Å². The molecule has 0 bridgehead atoms. The van der Waals surface area contributed by atoms with E-state index in [2.05, 4.69) is 0 Å². The van der Waals surface area contributed by atoms with E-state index in [1.165, 1.54) is 5.49 Å². The maximum absolute atomic E-state index is 10.1. The normalized spacial score (nSPS) is 20.0. The molecular weight excluding hydrogens is 138 g/mol. The highest BCUT2D eigenvalue weighted by Crippen LogP contribution is 2.03. The van der Waals surface area contributed by atoms with Crippen LogP contribution in [0.5, 0.6) is 0 Å². The SMILES string of the molecule is O=S(=O)=CN1CCCC1. The van der Waals surface area contributed by atoms with E-state index in [1.807, 2.05) is 4.90 Å². The lowest BCUT2D eigenvalue weighted by Crippen LogP contribution is -2.16. The van der Waals surface area contributed by atoms with Crippen LogP contribution in [0.15, 0.2) is 0 Å². The molecule has 1 fully saturated rings. The lowest BCUT2D eigenvalue weighted by Gasteiger charge is -2.01. The topological polar surface area (TPSA) is 37.4 Å². The Bertz CT molecular complexity index is 193. The van der Waals surface area contributed by atoms with E-state index in [0.717, 1.165) is 25.9 Å². The predicted octanol–water partition coefficient (Wildman–Crippen LogP) is -0.279. The van der Waals surface area contributed by atoms with Crippen LogP contribution in [0.1, 0.15) is 12.8 Å². The third-order valence-electron chi connectivity index (χ3n) is 1.38. The van der Waals surface area contributed by atoms with Crippen molar-refractivity contribution in [3.05, 3.63) is 0 Å². The Hall–Kier alpha value is -0.350. The van der Waals surface area contributed by atoms with Gasteiger partial charge in [0.15, 0.2) is 0 Å².